The minimum absolute atomic E-state index is 0.253. The summed E-state index contributed by atoms with van der Waals surface area (Å²) in [5.41, 5.74) is 3.23. The first-order valence-corrected chi connectivity index (χ1v) is 9.81. The van der Waals surface area contributed by atoms with Crippen LogP contribution in [0.3, 0.4) is 0 Å². The summed E-state index contributed by atoms with van der Waals surface area (Å²) in [4.78, 5) is 6.96. The normalized spacial score (nSPS) is 20.5. The molecule has 0 bridgehead atoms. The molecule has 0 unspecified atom stereocenters. The standard InChI is InChI=1S/C16H23N3O2S/c1-13-15(19-9-4-3-7-16(19)17-13)11-18-8-5-6-14(10-18)12-22(2,20)21/h3-4,7,9,14H,5-6,8,10-12H2,1-2H3/t14-/m1/s1. The number of piperidine rings is 1. The molecule has 0 N–H and O–H groups in total. The first-order chi connectivity index (χ1) is 10.4. The van der Waals surface area contributed by atoms with Crippen LogP contribution < -0.4 is 0 Å². The van der Waals surface area contributed by atoms with Gasteiger partial charge < -0.3 is 4.40 Å². The van der Waals surface area contributed by atoms with E-state index in [-0.39, 0.29) is 5.92 Å². The van der Waals surface area contributed by atoms with Crippen LogP contribution in [0.1, 0.15) is 24.2 Å². The Morgan fingerprint density at radius 2 is 2.18 bits per heavy atom. The summed E-state index contributed by atoms with van der Waals surface area (Å²) in [5, 5.41) is 0. The molecule has 0 saturated carbocycles. The molecule has 6 heteroatoms. The van der Waals surface area contributed by atoms with Gasteiger partial charge >= 0.3 is 0 Å². The molecule has 2 aromatic heterocycles. The van der Waals surface area contributed by atoms with E-state index >= 15 is 0 Å². The summed E-state index contributed by atoms with van der Waals surface area (Å²) in [6.45, 7) is 4.75. The molecule has 0 radical (unpaired) electrons. The molecule has 1 aliphatic heterocycles. The molecule has 5 nitrogen and oxygen atoms in total. The number of likely N-dealkylation sites (tertiary alicyclic amines) is 1. The van der Waals surface area contributed by atoms with Crippen molar-refractivity contribution in [2.24, 2.45) is 5.92 Å². The Bertz CT molecular complexity index is 767. The van der Waals surface area contributed by atoms with Crippen LogP contribution in [0, 0.1) is 12.8 Å². The first kappa shape index (κ1) is 15.5. The second kappa shape index (κ2) is 6.01. The lowest BCUT2D eigenvalue weighted by molar-refractivity contribution is 0.175. The number of fused-ring (bicyclic) bond motifs is 1. The number of aromatic nitrogens is 2. The van der Waals surface area contributed by atoms with Crippen molar-refractivity contribution in [3.8, 4) is 0 Å². The van der Waals surface area contributed by atoms with E-state index in [1.165, 1.54) is 11.9 Å². The Morgan fingerprint density at radius 1 is 1.36 bits per heavy atom. The fourth-order valence-electron chi connectivity index (χ4n) is 3.43. The van der Waals surface area contributed by atoms with Crippen LogP contribution in [0.4, 0.5) is 0 Å². The molecule has 2 aromatic rings. The van der Waals surface area contributed by atoms with Crippen molar-refractivity contribution < 1.29 is 8.42 Å². The van der Waals surface area contributed by atoms with Crippen molar-refractivity contribution in [1.29, 1.82) is 0 Å². The van der Waals surface area contributed by atoms with Crippen molar-refractivity contribution >= 4 is 15.5 Å². The first-order valence-electron chi connectivity index (χ1n) is 7.75. The maximum Gasteiger partial charge on any atom is 0.147 e. The highest BCUT2D eigenvalue weighted by Gasteiger charge is 2.24. The van der Waals surface area contributed by atoms with Crippen molar-refractivity contribution in [3.05, 3.63) is 35.8 Å². The lowest BCUT2D eigenvalue weighted by Crippen LogP contribution is -2.37. The minimum atomic E-state index is -2.90. The van der Waals surface area contributed by atoms with Crippen molar-refractivity contribution in [3.63, 3.8) is 0 Å². The third-order valence-electron chi connectivity index (χ3n) is 4.34. The van der Waals surface area contributed by atoms with Gasteiger partial charge in [-0.05, 0) is 44.4 Å². The summed E-state index contributed by atoms with van der Waals surface area (Å²) in [5.74, 6) is 0.554. The lowest BCUT2D eigenvalue weighted by atomic mass is 10.00. The number of aryl methyl sites for hydroxylation is 1. The highest BCUT2D eigenvalue weighted by molar-refractivity contribution is 7.90. The van der Waals surface area contributed by atoms with E-state index in [2.05, 4.69) is 14.3 Å². The van der Waals surface area contributed by atoms with Gasteiger partial charge in [0.1, 0.15) is 15.5 Å². The Balaban J connectivity index is 1.76. The molecular weight excluding hydrogens is 298 g/mol. The number of pyridine rings is 1. The molecular formula is C16H23N3O2S. The number of nitrogens with zero attached hydrogens (tertiary/aromatic N) is 3. The molecule has 0 aromatic carbocycles. The Hall–Kier alpha value is -1.40. The molecule has 0 amide bonds. The Morgan fingerprint density at radius 3 is 2.95 bits per heavy atom. The Kier molecular flexibility index (Phi) is 4.23. The number of sulfone groups is 1. The highest BCUT2D eigenvalue weighted by atomic mass is 32.2. The minimum Gasteiger partial charge on any atom is -0.302 e. The van der Waals surface area contributed by atoms with Gasteiger partial charge in [0.2, 0.25) is 0 Å². The fourth-order valence-corrected chi connectivity index (χ4v) is 4.55. The highest BCUT2D eigenvalue weighted by Crippen LogP contribution is 2.21. The summed E-state index contributed by atoms with van der Waals surface area (Å²) >= 11 is 0. The third-order valence-corrected chi connectivity index (χ3v) is 5.42. The lowest BCUT2D eigenvalue weighted by Gasteiger charge is -2.32. The van der Waals surface area contributed by atoms with Gasteiger partial charge in [-0.2, -0.15) is 0 Å². The maximum absolute atomic E-state index is 11.5. The predicted octanol–water partition coefficient (Wildman–Crippen LogP) is 1.90. The second-order valence-electron chi connectivity index (χ2n) is 6.41. The average Bonchev–Trinajstić information content (AvgIpc) is 2.74. The fraction of sp³-hybridized carbons (Fsp3) is 0.562. The number of hydrogen-bond acceptors (Lipinski definition) is 4. The third kappa shape index (κ3) is 3.50. The van der Waals surface area contributed by atoms with Gasteiger partial charge in [-0.1, -0.05) is 6.07 Å². The largest absolute Gasteiger partial charge is 0.302 e. The van der Waals surface area contributed by atoms with Crippen LogP contribution in [-0.2, 0) is 16.4 Å². The predicted molar refractivity (Wildman–Crippen MR) is 87.6 cm³/mol. The Labute approximate surface area is 131 Å². The number of imidazole rings is 1. The van der Waals surface area contributed by atoms with E-state index in [0.29, 0.717) is 5.75 Å². The SMILES string of the molecule is Cc1nc2ccccn2c1CN1CCC[C@@H](CS(C)(=O)=O)C1. The molecule has 1 saturated heterocycles. The van der Waals surface area contributed by atoms with E-state index in [9.17, 15) is 8.42 Å². The molecule has 1 fully saturated rings. The van der Waals surface area contributed by atoms with E-state index in [4.69, 9.17) is 0 Å². The van der Waals surface area contributed by atoms with Crippen LogP contribution in [-0.4, -0.2) is 47.8 Å². The molecule has 22 heavy (non-hydrogen) atoms. The second-order valence-corrected chi connectivity index (χ2v) is 8.59. The van der Waals surface area contributed by atoms with Crippen LogP contribution >= 0.6 is 0 Å². The van der Waals surface area contributed by atoms with E-state index in [1.807, 2.05) is 31.3 Å². The summed E-state index contributed by atoms with van der Waals surface area (Å²) in [6, 6.07) is 6.02. The molecule has 3 heterocycles. The molecule has 3 rings (SSSR count). The molecule has 1 aliphatic rings. The summed E-state index contributed by atoms with van der Waals surface area (Å²) in [6.07, 6.45) is 5.45. The zero-order chi connectivity index (χ0) is 15.7. The van der Waals surface area contributed by atoms with Crippen LogP contribution in [0.15, 0.2) is 24.4 Å². The van der Waals surface area contributed by atoms with Crippen molar-refractivity contribution in [2.75, 3.05) is 25.1 Å². The van der Waals surface area contributed by atoms with E-state index < -0.39 is 9.84 Å². The summed E-state index contributed by atoms with van der Waals surface area (Å²) < 4.78 is 25.2. The van der Waals surface area contributed by atoms with Crippen LogP contribution in [0.25, 0.3) is 5.65 Å². The molecule has 0 spiro atoms. The summed E-state index contributed by atoms with van der Waals surface area (Å²) in [7, 11) is -2.90. The van der Waals surface area contributed by atoms with E-state index in [0.717, 1.165) is 43.8 Å². The molecule has 120 valence electrons. The van der Waals surface area contributed by atoms with Gasteiger partial charge in [-0.3, -0.25) is 4.90 Å². The monoisotopic (exact) mass is 321 g/mol. The van der Waals surface area contributed by atoms with Gasteiger partial charge in [0.05, 0.1) is 17.1 Å². The zero-order valence-electron chi connectivity index (χ0n) is 13.2. The zero-order valence-corrected chi connectivity index (χ0v) is 14.0. The molecule has 1 atom stereocenters. The smallest absolute Gasteiger partial charge is 0.147 e. The number of hydrogen-bond donors (Lipinski definition) is 0. The van der Waals surface area contributed by atoms with Crippen LogP contribution in [0.2, 0.25) is 0 Å². The number of rotatable bonds is 4. The quantitative estimate of drug-likeness (QED) is 0.863. The van der Waals surface area contributed by atoms with Crippen molar-refractivity contribution in [1.82, 2.24) is 14.3 Å². The van der Waals surface area contributed by atoms with Gasteiger partial charge in [0.15, 0.2) is 0 Å². The molecule has 0 aliphatic carbocycles. The average molecular weight is 321 g/mol. The van der Waals surface area contributed by atoms with Gasteiger partial charge in [0.25, 0.3) is 0 Å². The topological polar surface area (TPSA) is 54.7 Å². The van der Waals surface area contributed by atoms with Crippen LogP contribution in [0.5, 0.6) is 0 Å². The maximum atomic E-state index is 11.5. The van der Waals surface area contributed by atoms with Gasteiger partial charge in [-0.25, -0.2) is 13.4 Å². The van der Waals surface area contributed by atoms with E-state index in [1.54, 1.807) is 0 Å². The van der Waals surface area contributed by atoms with Crippen molar-refractivity contribution in [2.45, 2.75) is 26.3 Å². The van der Waals surface area contributed by atoms with Gasteiger partial charge in [-0.15, -0.1) is 0 Å². The van der Waals surface area contributed by atoms with Gasteiger partial charge in [0, 0.05) is 25.5 Å².